The van der Waals surface area contributed by atoms with Gasteiger partial charge in [-0.05, 0) is 30.9 Å². The molecule has 114 valence electrons. The van der Waals surface area contributed by atoms with Gasteiger partial charge in [0.15, 0.2) is 0 Å². The highest BCUT2D eigenvalue weighted by Gasteiger charge is 2.21. The molecule has 0 atom stereocenters. The van der Waals surface area contributed by atoms with Crippen molar-refractivity contribution in [3.05, 3.63) is 33.9 Å². The first-order valence-electron chi connectivity index (χ1n) is 7.42. The minimum atomic E-state index is -0.459. The van der Waals surface area contributed by atoms with Gasteiger partial charge in [0, 0.05) is 24.7 Å². The summed E-state index contributed by atoms with van der Waals surface area (Å²) < 4.78 is 0. The van der Waals surface area contributed by atoms with E-state index in [1.54, 1.807) is 12.1 Å². The number of nitrogens with one attached hydrogen (secondary N) is 2. The van der Waals surface area contributed by atoms with E-state index < -0.39 is 4.92 Å². The molecule has 0 aromatic heterocycles. The zero-order valence-electron chi connectivity index (χ0n) is 12.2. The van der Waals surface area contributed by atoms with Crippen LogP contribution in [-0.2, 0) is 0 Å². The Labute approximate surface area is 124 Å². The molecular weight excluding hydrogens is 270 g/mol. The van der Waals surface area contributed by atoms with Crippen LogP contribution in [0.1, 0.15) is 43.0 Å². The van der Waals surface area contributed by atoms with Crippen LogP contribution < -0.4 is 10.6 Å². The van der Waals surface area contributed by atoms with E-state index in [1.807, 2.05) is 6.92 Å². The molecule has 0 aliphatic heterocycles. The van der Waals surface area contributed by atoms with Crippen LogP contribution in [0.2, 0.25) is 0 Å². The second-order valence-corrected chi connectivity index (χ2v) is 5.40. The number of nitrogens with zero attached hydrogens (tertiary/aromatic N) is 1. The van der Waals surface area contributed by atoms with Gasteiger partial charge in [0.2, 0.25) is 0 Å². The Morgan fingerprint density at radius 2 is 2.14 bits per heavy atom. The van der Waals surface area contributed by atoms with Gasteiger partial charge < -0.3 is 10.6 Å². The molecule has 1 aliphatic carbocycles. The van der Waals surface area contributed by atoms with Crippen LogP contribution >= 0.6 is 0 Å². The van der Waals surface area contributed by atoms with Crippen molar-refractivity contribution in [2.45, 2.75) is 32.6 Å². The van der Waals surface area contributed by atoms with Crippen molar-refractivity contribution in [3.63, 3.8) is 0 Å². The lowest BCUT2D eigenvalue weighted by molar-refractivity contribution is -0.384. The van der Waals surface area contributed by atoms with E-state index >= 15 is 0 Å². The maximum Gasteiger partial charge on any atom is 0.293 e. The van der Waals surface area contributed by atoms with Crippen LogP contribution in [0.4, 0.5) is 11.4 Å². The largest absolute Gasteiger partial charge is 0.380 e. The third-order valence-corrected chi connectivity index (χ3v) is 3.56. The SMILES string of the molecule is CCCNc1ccc(C(=O)NCCC2CC2)cc1[N+](=O)[O-]. The maximum absolute atomic E-state index is 12.0. The highest BCUT2D eigenvalue weighted by Crippen LogP contribution is 2.31. The zero-order chi connectivity index (χ0) is 15.2. The highest BCUT2D eigenvalue weighted by molar-refractivity contribution is 5.95. The Bertz CT molecular complexity index is 527. The summed E-state index contributed by atoms with van der Waals surface area (Å²) >= 11 is 0. The van der Waals surface area contributed by atoms with E-state index in [-0.39, 0.29) is 11.6 Å². The van der Waals surface area contributed by atoms with E-state index in [2.05, 4.69) is 10.6 Å². The van der Waals surface area contributed by atoms with Gasteiger partial charge in [0.1, 0.15) is 5.69 Å². The molecule has 0 spiro atoms. The van der Waals surface area contributed by atoms with Crippen LogP contribution in [0, 0.1) is 16.0 Å². The molecule has 21 heavy (non-hydrogen) atoms. The molecule has 2 rings (SSSR count). The molecule has 0 radical (unpaired) electrons. The number of carbonyl (C=O) groups is 1. The molecule has 1 fully saturated rings. The van der Waals surface area contributed by atoms with Gasteiger partial charge in [-0.3, -0.25) is 14.9 Å². The Balaban J connectivity index is 2.02. The fraction of sp³-hybridized carbons (Fsp3) is 0.533. The Morgan fingerprint density at radius 1 is 1.38 bits per heavy atom. The van der Waals surface area contributed by atoms with Crippen LogP contribution in [-0.4, -0.2) is 23.9 Å². The number of hydrogen-bond donors (Lipinski definition) is 2. The van der Waals surface area contributed by atoms with Crippen LogP contribution in [0.25, 0.3) is 0 Å². The van der Waals surface area contributed by atoms with E-state index in [0.717, 1.165) is 18.8 Å². The minimum Gasteiger partial charge on any atom is -0.380 e. The zero-order valence-corrected chi connectivity index (χ0v) is 12.2. The lowest BCUT2D eigenvalue weighted by Crippen LogP contribution is -2.24. The van der Waals surface area contributed by atoms with Crippen molar-refractivity contribution >= 4 is 17.3 Å². The first-order valence-corrected chi connectivity index (χ1v) is 7.42. The molecule has 0 heterocycles. The number of amides is 1. The molecule has 0 unspecified atom stereocenters. The summed E-state index contributed by atoms with van der Waals surface area (Å²) in [5.41, 5.74) is 0.731. The predicted molar refractivity (Wildman–Crippen MR) is 81.6 cm³/mol. The Kier molecular flexibility index (Phi) is 5.14. The number of anilines is 1. The molecule has 1 aromatic rings. The number of carbonyl (C=O) groups excluding carboxylic acids is 1. The number of hydrogen-bond acceptors (Lipinski definition) is 4. The minimum absolute atomic E-state index is 0.0571. The molecule has 0 bridgehead atoms. The van der Waals surface area contributed by atoms with Crippen LogP contribution in [0.15, 0.2) is 18.2 Å². The number of nitro benzene ring substituents is 1. The standard InChI is InChI=1S/C15H21N3O3/c1-2-8-16-13-6-5-12(10-14(13)18(20)21)15(19)17-9-7-11-3-4-11/h5-6,10-11,16H,2-4,7-9H2,1H3,(H,17,19). The summed E-state index contributed by atoms with van der Waals surface area (Å²) in [6.45, 7) is 3.28. The first kappa shape index (κ1) is 15.3. The van der Waals surface area contributed by atoms with E-state index in [0.29, 0.717) is 24.3 Å². The number of rotatable bonds is 8. The fourth-order valence-electron chi connectivity index (χ4n) is 2.13. The van der Waals surface area contributed by atoms with Crippen molar-refractivity contribution in [2.75, 3.05) is 18.4 Å². The number of benzene rings is 1. The normalized spacial score (nSPS) is 13.8. The first-order chi connectivity index (χ1) is 10.1. The average Bonchev–Trinajstić information content (AvgIpc) is 3.28. The molecule has 6 heteroatoms. The quantitative estimate of drug-likeness (QED) is 0.569. The Morgan fingerprint density at radius 3 is 2.76 bits per heavy atom. The molecule has 1 aromatic carbocycles. The second kappa shape index (κ2) is 7.06. The van der Waals surface area contributed by atoms with Gasteiger partial charge in [-0.25, -0.2) is 0 Å². The maximum atomic E-state index is 12.0. The smallest absolute Gasteiger partial charge is 0.293 e. The van der Waals surface area contributed by atoms with Gasteiger partial charge in [-0.2, -0.15) is 0 Å². The fourth-order valence-corrected chi connectivity index (χ4v) is 2.13. The summed E-state index contributed by atoms with van der Waals surface area (Å²) in [6, 6.07) is 4.56. The van der Waals surface area contributed by atoms with Crippen molar-refractivity contribution in [3.8, 4) is 0 Å². The second-order valence-electron chi connectivity index (χ2n) is 5.40. The highest BCUT2D eigenvalue weighted by atomic mass is 16.6. The predicted octanol–water partition coefficient (Wildman–Crippen LogP) is 2.95. The lowest BCUT2D eigenvalue weighted by Gasteiger charge is -2.08. The average molecular weight is 291 g/mol. The van der Waals surface area contributed by atoms with E-state index in [1.165, 1.54) is 18.9 Å². The monoisotopic (exact) mass is 291 g/mol. The van der Waals surface area contributed by atoms with Gasteiger partial charge in [-0.1, -0.05) is 19.8 Å². The van der Waals surface area contributed by atoms with Crippen molar-refractivity contribution in [2.24, 2.45) is 5.92 Å². The van der Waals surface area contributed by atoms with Gasteiger partial charge >= 0.3 is 0 Å². The molecule has 0 saturated heterocycles. The van der Waals surface area contributed by atoms with E-state index in [4.69, 9.17) is 0 Å². The third-order valence-electron chi connectivity index (χ3n) is 3.56. The summed E-state index contributed by atoms with van der Waals surface area (Å²) in [4.78, 5) is 22.6. The van der Waals surface area contributed by atoms with Gasteiger partial charge in [-0.15, -0.1) is 0 Å². The molecule has 2 N–H and O–H groups in total. The summed E-state index contributed by atoms with van der Waals surface area (Å²) in [5.74, 6) is 0.501. The topological polar surface area (TPSA) is 84.3 Å². The van der Waals surface area contributed by atoms with Crippen LogP contribution in [0.5, 0.6) is 0 Å². The third kappa shape index (κ3) is 4.44. The molecule has 1 saturated carbocycles. The van der Waals surface area contributed by atoms with Crippen LogP contribution in [0.3, 0.4) is 0 Å². The molecule has 6 nitrogen and oxygen atoms in total. The molecule has 1 aliphatic rings. The number of nitro groups is 1. The Hall–Kier alpha value is -2.11. The molecular formula is C15H21N3O3. The van der Waals surface area contributed by atoms with Crippen molar-refractivity contribution in [1.29, 1.82) is 0 Å². The summed E-state index contributed by atoms with van der Waals surface area (Å²) in [7, 11) is 0. The molecule has 1 amide bonds. The van der Waals surface area contributed by atoms with Gasteiger partial charge in [0.25, 0.3) is 11.6 Å². The van der Waals surface area contributed by atoms with E-state index in [9.17, 15) is 14.9 Å². The summed E-state index contributed by atoms with van der Waals surface area (Å²) in [5, 5.41) is 16.9. The van der Waals surface area contributed by atoms with Gasteiger partial charge in [0.05, 0.1) is 4.92 Å². The van der Waals surface area contributed by atoms with Crippen molar-refractivity contribution < 1.29 is 9.72 Å². The summed E-state index contributed by atoms with van der Waals surface area (Å²) in [6.07, 6.45) is 4.36. The lowest BCUT2D eigenvalue weighted by atomic mass is 10.1. The van der Waals surface area contributed by atoms with Crippen molar-refractivity contribution in [1.82, 2.24) is 5.32 Å².